The molecule has 0 atom stereocenters. The summed E-state index contributed by atoms with van der Waals surface area (Å²) in [6, 6.07) is 8.83. The van der Waals surface area contributed by atoms with Gasteiger partial charge in [0.2, 0.25) is 6.79 Å². The smallest absolute Gasteiger partial charge is 0.276 e. The Labute approximate surface area is 185 Å². The topological polar surface area (TPSA) is 96.2 Å². The van der Waals surface area contributed by atoms with Crippen molar-refractivity contribution in [2.24, 2.45) is 0 Å². The highest BCUT2D eigenvalue weighted by molar-refractivity contribution is 5.86. The fraction of sp³-hybridized carbons (Fsp3) is 0.348. The highest BCUT2D eigenvalue weighted by atomic mass is 16.7. The van der Waals surface area contributed by atoms with Crippen molar-refractivity contribution in [3.8, 4) is 23.0 Å². The molecular formula is C23H25N3O6. The van der Waals surface area contributed by atoms with Gasteiger partial charge in [0.15, 0.2) is 23.0 Å². The normalized spacial score (nSPS) is 12.1. The third kappa shape index (κ3) is 3.81. The lowest BCUT2D eigenvalue weighted by Crippen LogP contribution is -2.24. The van der Waals surface area contributed by atoms with Gasteiger partial charge in [-0.3, -0.25) is 10.1 Å². The Morgan fingerprint density at radius 3 is 2.28 bits per heavy atom. The van der Waals surface area contributed by atoms with E-state index in [1.807, 2.05) is 18.2 Å². The van der Waals surface area contributed by atoms with E-state index in [2.05, 4.69) is 18.7 Å². The maximum atomic E-state index is 11.8. The molecule has 0 unspecified atom stereocenters. The molecule has 2 heterocycles. The molecule has 0 N–H and O–H groups in total. The van der Waals surface area contributed by atoms with E-state index in [1.54, 1.807) is 6.07 Å². The number of fused-ring (bicyclic) bond motifs is 2. The van der Waals surface area contributed by atoms with Crippen LogP contribution in [-0.2, 0) is 6.42 Å². The molecule has 0 saturated heterocycles. The summed E-state index contributed by atoms with van der Waals surface area (Å²) >= 11 is 0. The van der Waals surface area contributed by atoms with Crippen LogP contribution in [0.4, 0.5) is 11.5 Å². The summed E-state index contributed by atoms with van der Waals surface area (Å²) in [6.07, 6.45) is 0.305. The molecule has 0 bridgehead atoms. The average molecular weight is 439 g/mol. The maximum Gasteiger partial charge on any atom is 0.276 e. The number of hydrogen-bond acceptors (Lipinski definition) is 8. The summed E-state index contributed by atoms with van der Waals surface area (Å²) in [5.74, 6) is 2.87. The van der Waals surface area contributed by atoms with Crippen LogP contribution in [0, 0.1) is 10.1 Å². The van der Waals surface area contributed by atoms with Gasteiger partial charge in [0.1, 0.15) is 5.82 Å². The molecule has 0 amide bonds. The molecule has 0 saturated carbocycles. The Morgan fingerprint density at radius 2 is 1.66 bits per heavy atom. The van der Waals surface area contributed by atoms with E-state index in [1.165, 1.54) is 20.3 Å². The van der Waals surface area contributed by atoms with E-state index in [9.17, 15) is 10.1 Å². The molecule has 1 aliphatic heterocycles. The number of aromatic nitrogens is 1. The van der Waals surface area contributed by atoms with E-state index in [0.29, 0.717) is 35.0 Å². The van der Waals surface area contributed by atoms with Gasteiger partial charge in [-0.1, -0.05) is 0 Å². The van der Waals surface area contributed by atoms with Crippen molar-refractivity contribution in [1.29, 1.82) is 0 Å². The quantitative estimate of drug-likeness (QED) is 0.378. The Hall–Kier alpha value is -3.75. The van der Waals surface area contributed by atoms with Gasteiger partial charge in [-0.05, 0) is 37.6 Å². The molecular weight excluding hydrogens is 414 g/mol. The molecule has 0 fully saturated rings. The summed E-state index contributed by atoms with van der Waals surface area (Å²) < 4.78 is 21.6. The molecule has 1 aliphatic rings. The number of nitro groups is 1. The lowest BCUT2D eigenvalue weighted by atomic mass is 10.0. The lowest BCUT2D eigenvalue weighted by Gasteiger charge is -2.24. The second kappa shape index (κ2) is 8.78. The summed E-state index contributed by atoms with van der Waals surface area (Å²) in [4.78, 5) is 18.4. The van der Waals surface area contributed by atoms with Gasteiger partial charge < -0.3 is 23.8 Å². The highest BCUT2D eigenvalue weighted by Gasteiger charge is 2.23. The number of hydrogen-bond donors (Lipinski definition) is 0. The van der Waals surface area contributed by atoms with Gasteiger partial charge >= 0.3 is 0 Å². The number of methoxy groups -OCH3 is 2. The first-order valence-corrected chi connectivity index (χ1v) is 10.4. The number of rotatable bonds is 8. The Morgan fingerprint density at radius 1 is 1.00 bits per heavy atom. The van der Waals surface area contributed by atoms with Gasteiger partial charge in [0.05, 0.1) is 30.7 Å². The van der Waals surface area contributed by atoms with Crippen molar-refractivity contribution < 1.29 is 23.9 Å². The van der Waals surface area contributed by atoms with Crippen molar-refractivity contribution in [2.45, 2.75) is 20.3 Å². The molecule has 9 heteroatoms. The van der Waals surface area contributed by atoms with Crippen LogP contribution in [0.5, 0.6) is 23.0 Å². The molecule has 32 heavy (non-hydrogen) atoms. The number of ether oxygens (including phenoxy) is 4. The summed E-state index contributed by atoms with van der Waals surface area (Å²) in [5.41, 5.74) is 2.14. The Kier molecular flexibility index (Phi) is 5.89. The lowest BCUT2D eigenvalue weighted by molar-refractivity contribution is -0.385. The van der Waals surface area contributed by atoms with Crippen molar-refractivity contribution >= 4 is 22.4 Å². The fourth-order valence-electron chi connectivity index (χ4n) is 3.95. The van der Waals surface area contributed by atoms with Crippen LogP contribution in [0.25, 0.3) is 10.9 Å². The molecule has 0 radical (unpaired) electrons. The number of anilines is 1. The van der Waals surface area contributed by atoms with E-state index in [4.69, 9.17) is 23.9 Å². The van der Waals surface area contributed by atoms with Crippen molar-refractivity contribution in [3.63, 3.8) is 0 Å². The van der Waals surface area contributed by atoms with Gasteiger partial charge in [-0.25, -0.2) is 4.98 Å². The van der Waals surface area contributed by atoms with Crippen LogP contribution >= 0.6 is 0 Å². The summed E-state index contributed by atoms with van der Waals surface area (Å²) in [6.45, 7) is 5.79. The molecule has 0 spiro atoms. The van der Waals surface area contributed by atoms with E-state index >= 15 is 0 Å². The van der Waals surface area contributed by atoms with Crippen LogP contribution in [-0.4, -0.2) is 44.0 Å². The molecule has 2 aromatic carbocycles. The number of nitrogens with zero attached hydrogens (tertiary/aromatic N) is 3. The Bertz CT molecular complexity index is 1180. The van der Waals surface area contributed by atoms with Crippen molar-refractivity contribution in [2.75, 3.05) is 39.0 Å². The van der Waals surface area contributed by atoms with Crippen LogP contribution < -0.4 is 23.8 Å². The highest BCUT2D eigenvalue weighted by Crippen LogP contribution is 2.39. The first-order chi connectivity index (χ1) is 15.5. The minimum atomic E-state index is -0.402. The summed E-state index contributed by atoms with van der Waals surface area (Å²) in [7, 11) is 2.96. The second-order valence-electron chi connectivity index (χ2n) is 7.31. The maximum absolute atomic E-state index is 11.8. The monoisotopic (exact) mass is 439 g/mol. The molecule has 0 aliphatic carbocycles. The van der Waals surface area contributed by atoms with E-state index in [-0.39, 0.29) is 12.5 Å². The van der Waals surface area contributed by atoms with Gasteiger partial charge in [0, 0.05) is 36.5 Å². The number of nitro benzene ring substituents is 1. The summed E-state index contributed by atoms with van der Waals surface area (Å²) in [5, 5.41) is 12.7. The van der Waals surface area contributed by atoms with E-state index < -0.39 is 4.92 Å². The molecule has 9 nitrogen and oxygen atoms in total. The van der Waals surface area contributed by atoms with Gasteiger partial charge in [0.25, 0.3) is 5.69 Å². The predicted octanol–water partition coefficient (Wildman–Crippen LogP) is 4.33. The SMILES string of the molecule is CCN(CC)c1nc2cc3c(cc2cc1Cc1cc(OC)c(OC)cc1[N+](=O)[O-])OCO3. The largest absolute Gasteiger partial charge is 0.493 e. The fourth-order valence-corrected chi connectivity index (χ4v) is 3.95. The minimum absolute atomic E-state index is 0.0288. The third-order valence-corrected chi connectivity index (χ3v) is 5.59. The van der Waals surface area contributed by atoms with Gasteiger partial charge in [-0.15, -0.1) is 0 Å². The predicted molar refractivity (Wildman–Crippen MR) is 120 cm³/mol. The first-order valence-electron chi connectivity index (χ1n) is 10.4. The molecule has 4 rings (SSSR count). The van der Waals surface area contributed by atoms with Crippen LogP contribution in [0.3, 0.4) is 0 Å². The number of pyridine rings is 1. The molecule has 3 aromatic rings. The average Bonchev–Trinajstić information content (AvgIpc) is 3.25. The minimum Gasteiger partial charge on any atom is -0.493 e. The van der Waals surface area contributed by atoms with Crippen LogP contribution in [0.1, 0.15) is 25.0 Å². The van der Waals surface area contributed by atoms with Crippen molar-refractivity contribution in [1.82, 2.24) is 4.98 Å². The zero-order chi connectivity index (χ0) is 22.8. The molecule has 168 valence electrons. The van der Waals surface area contributed by atoms with Crippen LogP contribution in [0.15, 0.2) is 30.3 Å². The van der Waals surface area contributed by atoms with E-state index in [0.717, 1.165) is 35.4 Å². The standard InChI is InChI=1S/C23H25N3O6/c1-5-25(6-2)23-16(7-14-9-21-22(32-13-31-21)11-17(14)24-23)8-15-10-19(29-3)20(30-4)12-18(15)26(27)28/h7,9-12H,5-6,8,13H2,1-4H3. The third-order valence-electron chi connectivity index (χ3n) is 5.59. The zero-order valence-corrected chi connectivity index (χ0v) is 18.5. The first kappa shape index (κ1) is 21.5. The van der Waals surface area contributed by atoms with Gasteiger partial charge in [-0.2, -0.15) is 0 Å². The van der Waals surface area contributed by atoms with Crippen molar-refractivity contribution in [3.05, 3.63) is 51.6 Å². The molecule has 1 aromatic heterocycles. The number of benzene rings is 2. The van der Waals surface area contributed by atoms with Crippen LogP contribution in [0.2, 0.25) is 0 Å². The Balaban J connectivity index is 1.88. The zero-order valence-electron chi connectivity index (χ0n) is 18.5. The second-order valence-corrected chi connectivity index (χ2v) is 7.31.